The number of aromatic nitrogens is 2. The molecule has 1 N–H and O–H groups in total. The molecule has 3 nitrogen and oxygen atoms in total. The molecule has 2 rings (SSSR count). The van der Waals surface area contributed by atoms with Crippen LogP contribution in [-0.2, 0) is 12.7 Å². The van der Waals surface area contributed by atoms with Crippen LogP contribution in [0.25, 0.3) is 0 Å². The van der Waals surface area contributed by atoms with Crippen molar-refractivity contribution in [3.8, 4) is 11.8 Å². The second kappa shape index (κ2) is 5.47. The third-order valence-electron chi connectivity index (χ3n) is 2.23. The Morgan fingerprint density at radius 1 is 1.37 bits per heavy atom. The normalized spacial score (nSPS) is 11.2. The molecule has 0 aliphatic rings. The minimum absolute atomic E-state index is 0.221. The van der Waals surface area contributed by atoms with Gasteiger partial charge >= 0.3 is 6.18 Å². The molecule has 0 atom stereocenters. The monoisotopic (exact) mass is 286 g/mol. The van der Waals surface area contributed by atoms with E-state index >= 15 is 0 Å². The number of hydrogen-bond acceptors (Lipinski definition) is 3. The van der Waals surface area contributed by atoms with Gasteiger partial charge in [-0.3, -0.25) is 4.68 Å². The van der Waals surface area contributed by atoms with Crippen LogP contribution in [0.4, 0.5) is 13.2 Å². The number of aliphatic hydroxyl groups excluding tert-OH is 1. The lowest BCUT2D eigenvalue weighted by atomic mass is 10.3. The van der Waals surface area contributed by atoms with Gasteiger partial charge in [-0.1, -0.05) is 11.8 Å². The Balaban J connectivity index is 2.09. The number of rotatable bonds is 2. The lowest BCUT2D eigenvalue weighted by Gasteiger charge is -2.01. The highest BCUT2D eigenvalue weighted by atomic mass is 32.1. The lowest BCUT2D eigenvalue weighted by molar-refractivity contribution is -0.137. The van der Waals surface area contributed by atoms with E-state index < -0.39 is 11.7 Å². The van der Waals surface area contributed by atoms with Crippen molar-refractivity contribution in [3.05, 3.63) is 39.8 Å². The highest BCUT2D eigenvalue weighted by molar-refractivity contribution is 7.12. The Kier molecular flexibility index (Phi) is 3.93. The zero-order valence-corrected chi connectivity index (χ0v) is 10.4. The van der Waals surface area contributed by atoms with Gasteiger partial charge < -0.3 is 5.11 Å². The molecule has 2 aromatic heterocycles. The van der Waals surface area contributed by atoms with Crippen LogP contribution in [0.2, 0.25) is 0 Å². The first-order valence-corrected chi connectivity index (χ1v) is 6.09. The van der Waals surface area contributed by atoms with Gasteiger partial charge in [-0.15, -0.1) is 11.3 Å². The summed E-state index contributed by atoms with van der Waals surface area (Å²) in [4.78, 5) is 1.60. The summed E-state index contributed by atoms with van der Waals surface area (Å²) in [7, 11) is 0. The van der Waals surface area contributed by atoms with Crippen molar-refractivity contribution in [3.63, 3.8) is 0 Å². The van der Waals surface area contributed by atoms with Crippen LogP contribution in [0.5, 0.6) is 0 Å². The molecule has 2 aromatic rings. The van der Waals surface area contributed by atoms with Crippen molar-refractivity contribution in [1.29, 1.82) is 0 Å². The van der Waals surface area contributed by atoms with Crippen LogP contribution in [0.15, 0.2) is 24.5 Å². The highest BCUT2D eigenvalue weighted by Crippen LogP contribution is 2.28. The summed E-state index contributed by atoms with van der Waals surface area (Å²) in [6.07, 6.45) is -2.59. The van der Waals surface area contributed by atoms with E-state index in [1.165, 1.54) is 16.0 Å². The number of nitrogens with zero attached hydrogens (tertiary/aromatic N) is 2. The van der Waals surface area contributed by atoms with Crippen molar-refractivity contribution >= 4 is 11.3 Å². The van der Waals surface area contributed by atoms with E-state index in [1.54, 1.807) is 12.1 Å². The van der Waals surface area contributed by atoms with Crippen molar-refractivity contribution in [2.75, 3.05) is 6.61 Å². The first kappa shape index (κ1) is 13.6. The van der Waals surface area contributed by atoms with Crippen molar-refractivity contribution in [2.24, 2.45) is 0 Å². The minimum Gasteiger partial charge on any atom is -0.384 e. The molecule has 2 heterocycles. The molecule has 0 aromatic carbocycles. The molecule has 0 saturated heterocycles. The largest absolute Gasteiger partial charge is 0.419 e. The van der Waals surface area contributed by atoms with Gasteiger partial charge in [0.05, 0.1) is 23.2 Å². The zero-order chi connectivity index (χ0) is 13.9. The number of alkyl halides is 3. The summed E-state index contributed by atoms with van der Waals surface area (Å²) < 4.78 is 38.4. The molecular weight excluding hydrogens is 277 g/mol. The first-order valence-electron chi connectivity index (χ1n) is 5.27. The summed E-state index contributed by atoms with van der Waals surface area (Å²) in [6.45, 7) is 0.0445. The molecule has 7 heteroatoms. The standard InChI is InChI=1S/C12H9F3N2OS/c13-12(14,15)9-6-16-17(7-9)8-11-4-3-10(19-11)2-1-5-18/h3-4,6-7,18H,5,8H2. The molecule has 0 radical (unpaired) electrons. The Hall–Kier alpha value is -1.78. The molecule has 0 saturated carbocycles. The van der Waals surface area contributed by atoms with E-state index in [-0.39, 0.29) is 13.2 Å². The number of halogens is 3. The topological polar surface area (TPSA) is 38.0 Å². The highest BCUT2D eigenvalue weighted by Gasteiger charge is 2.32. The third-order valence-corrected chi connectivity index (χ3v) is 3.22. The fourth-order valence-electron chi connectivity index (χ4n) is 1.41. The quantitative estimate of drug-likeness (QED) is 0.861. The number of thiophene rings is 1. The van der Waals surface area contributed by atoms with Crippen molar-refractivity contribution < 1.29 is 18.3 Å². The van der Waals surface area contributed by atoms with E-state index in [0.717, 1.165) is 22.1 Å². The van der Waals surface area contributed by atoms with Crippen LogP contribution < -0.4 is 0 Å². The van der Waals surface area contributed by atoms with Crippen molar-refractivity contribution in [1.82, 2.24) is 9.78 Å². The Bertz CT molecular complexity index is 619. The van der Waals surface area contributed by atoms with E-state index in [2.05, 4.69) is 16.9 Å². The molecule has 0 aliphatic heterocycles. The van der Waals surface area contributed by atoms with Crippen LogP contribution in [0.3, 0.4) is 0 Å². The van der Waals surface area contributed by atoms with Gasteiger partial charge in [-0.2, -0.15) is 18.3 Å². The van der Waals surface area contributed by atoms with E-state index in [0.29, 0.717) is 0 Å². The Morgan fingerprint density at radius 3 is 2.79 bits per heavy atom. The van der Waals surface area contributed by atoms with E-state index in [1.807, 2.05) is 0 Å². The molecule has 0 bridgehead atoms. The minimum atomic E-state index is -4.37. The summed E-state index contributed by atoms with van der Waals surface area (Å²) in [5.74, 6) is 5.25. The first-order chi connectivity index (χ1) is 8.99. The predicted molar refractivity (Wildman–Crippen MR) is 64.6 cm³/mol. The fourth-order valence-corrected chi connectivity index (χ4v) is 2.29. The maximum Gasteiger partial charge on any atom is 0.419 e. The van der Waals surface area contributed by atoms with E-state index in [9.17, 15) is 13.2 Å². The molecule has 0 unspecified atom stereocenters. The lowest BCUT2D eigenvalue weighted by Crippen LogP contribution is -2.03. The average Bonchev–Trinajstić information content (AvgIpc) is 2.95. The maximum absolute atomic E-state index is 12.4. The number of aliphatic hydroxyl groups is 1. The molecule has 0 spiro atoms. The molecular formula is C12H9F3N2OS. The van der Waals surface area contributed by atoms with Crippen molar-refractivity contribution in [2.45, 2.75) is 12.7 Å². The average molecular weight is 286 g/mol. The zero-order valence-electron chi connectivity index (χ0n) is 9.61. The van der Waals surface area contributed by atoms with Gasteiger partial charge in [0.1, 0.15) is 6.61 Å². The fraction of sp³-hybridized carbons (Fsp3) is 0.250. The number of hydrogen-bond donors (Lipinski definition) is 1. The predicted octanol–water partition coefficient (Wildman–Crippen LogP) is 2.36. The van der Waals surface area contributed by atoms with Gasteiger partial charge in [0, 0.05) is 11.1 Å². The maximum atomic E-state index is 12.4. The Morgan fingerprint density at radius 2 is 2.16 bits per heavy atom. The summed E-state index contributed by atoms with van der Waals surface area (Å²) in [6, 6.07) is 3.54. The van der Waals surface area contributed by atoms with Crippen LogP contribution in [-0.4, -0.2) is 21.5 Å². The van der Waals surface area contributed by atoms with Gasteiger partial charge in [0.2, 0.25) is 0 Å². The van der Waals surface area contributed by atoms with Gasteiger partial charge in [0.25, 0.3) is 0 Å². The molecule has 100 valence electrons. The molecule has 0 fully saturated rings. The van der Waals surface area contributed by atoms with Crippen LogP contribution in [0, 0.1) is 11.8 Å². The van der Waals surface area contributed by atoms with Crippen LogP contribution >= 0.6 is 11.3 Å². The summed E-state index contributed by atoms with van der Waals surface area (Å²) >= 11 is 1.36. The van der Waals surface area contributed by atoms with Gasteiger partial charge in [-0.25, -0.2) is 0 Å². The van der Waals surface area contributed by atoms with Gasteiger partial charge in [0.15, 0.2) is 0 Å². The third kappa shape index (κ3) is 3.59. The smallest absolute Gasteiger partial charge is 0.384 e. The summed E-state index contributed by atoms with van der Waals surface area (Å²) in [5.41, 5.74) is -0.760. The molecule has 0 aliphatic carbocycles. The molecule has 0 amide bonds. The second-order valence-electron chi connectivity index (χ2n) is 3.65. The van der Waals surface area contributed by atoms with Gasteiger partial charge in [-0.05, 0) is 12.1 Å². The summed E-state index contributed by atoms with van der Waals surface area (Å²) in [5, 5.41) is 12.2. The molecule has 19 heavy (non-hydrogen) atoms. The second-order valence-corrected chi connectivity index (χ2v) is 4.82. The van der Waals surface area contributed by atoms with Crippen LogP contribution in [0.1, 0.15) is 15.3 Å². The SMILES string of the molecule is OCC#Cc1ccc(Cn2cc(C(F)(F)F)cn2)s1. The Labute approximate surface area is 111 Å². The van der Waals surface area contributed by atoms with E-state index in [4.69, 9.17) is 5.11 Å².